The van der Waals surface area contributed by atoms with E-state index in [9.17, 15) is 0 Å². The average molecular weight is 373 g/mol. The number of pyridine rings is 1. The summed E-state index contributed by atoms with van der Waals surface area (Å²) in [7, 11) is 0. The Bertz CT molecular complexity index is 1500. The summed E-state index contributed by atoms with van der Waals surface area (Å²) in [5.41, 5.74) is 6.84. The average Bonchev–Trinajstić information content (AvgIpc) is 3.36. The Labute approximate surface area is 168 Å². The van der Waals surface area contributed by atoms with Crippen molar-refractivity contribution in [2.24, 2.45) is 0 Å². The number of aromatic nitrogens is 3. The molecule has 0 atom stereocenters. The number of imidazole rings is 1. The van der Waals surface area contributed by atoms with Crippen LogP contribution in [0.4, 0.5) is 0 Å². The topological polar surface area (TPSA) is 22.2 Å². The van der Waals surface area contributed by atoms with Crippen molar-refractivity contribution in [3.05, 3.63) is 103 Å². The molecule has 0 amide bonds. The summed E-state index contributed by atoms with van der Waals surface area (Å²) in [4.78, 5) is 5.09. The second-order valence-corrected chi connectivity index (χ2v) is 7.47. The van der Waals surface area contributed by atoms with Gasteiger partial charge in [-0.15, -0.1) is 0 Å². The third-order valence-corrected chi connectivity index (χ3v) is 5.67. The standard InChI is InChI=1S/C26H19N3/c1-18-13-14-19-16-21-10-7-15-28(21)17-22(19)25(18)26-27-23-11-5-6-12-24(23)29(26)20-8-3-2-4-9-20/h2-17H,1H3. The fourth-order valence-corrected chi connectivity index (χ4v) is 4.28. The molecule has 0 radical (unpaired) electrons. The summed E-state index contributed by atoms with van der Waals surface area (Å²) < 4.78 is 4.46. The summed E-state index contributed by atoms with van der Waals surface area (Å²) in [6.45, 7) is 2.17. The zero-order valence-electron chi connectivity index (χ0n) is 16.1. The van der Waals surface area contributed by atoms with Crippen molar-refractivity contribution in [3.8, 4) is 17.1 Å². The molecule has 3 heterocycles. The second-order valence-electron chi connectivity index (χ2n) is 7.47. The van der Waals surface area contributed by atoms with Gasteiger partial charge in [0.15, 0.2) is 0 Å². The van der Waals surface area contributed by atoms with Crippen molar-refractivity contribution >= 4 is 27.3 Å². The summed E-state index contributed by atoms with van der Waals surface area (Å²) in [5.74, 6) is 0.979. The van der Waals surface area contributed by atoms with Crippen LogP contribution in [0.25, 0.3) is 44.4 Å². The highest BCUT2D eigenvalue weighted by Gasteiger charge is 2.18. The summed E-state index contributed by atoms with van der Waals surface area (Å²) in [6, 6.07) is 29.7. The lowest BCUT2D eigenvalue weighted by Crippen LogP contribution is -2.00. The first-order chi connectivity index (χ1) is 14.3. The molecule has 3 nitrogen and oxygen atoms in total. The Morgan fingerprint density at radius 3 is 2.52 bits per heavy atom. The van der Waals surface area contributed by atoms with Crippen LogP contribution in [0, 0.1) is 6.92 Å². The monoisotopic (exact) mass is 373 g/mol. The SMILES string of the molecule is Cc1ccc2cc3cccn3cc2c1-c1nc2ccccc2n1-c1ccccc1. The van der Waals surface area contributed by atoms with E-state index >= 15 is 0 Å². The first-order valence-electron chi connectivity index (χ1n) is 9.83. The van der Waals surface area contributed by atoms with E-state index in [0.717, 1.165) is 22.5 Å². The summed E-state index contributed by atoms with van der Waals surface area (Å²) in [5, 5.41) is 2.43. The highest BCUT2D eigenvalue weighted by Crippen LogP contribution is 2.35. The van der Waals surface area contributed by atoms with Crippen molar-refractivity contribution in [2.75, 3.05) is 0 Å². The van der Waals surface area contributed by atoms with Gasteiger partial charge in [0.1, 0.15) is 5.82 Å². The first-order valence-corrected chi connectivity index (χ1v) is 9.83. The Balaban J connectivity index is 1.77. The number of hydrogen-bond acceptors (Lipinski definition) is 1. The highest BCUT2D eigenvalue weighted by molar-refractivity contribution is 6.00. The van der Waals surface area contributed by atoms with E-state index in [0.29, 0.717) is 0 Å². The van der Waals surface area contributed by atoms with Crippen molar-refractivity contribution < 1.29 is 0 Å². The molecule has 0 saturated heterocycles. The molecule has 0 aliphatic heterocycles. The van der Waals surface area contributed by atoms with Gasteiger partial charge in [-0.1, -0.05) is 42.5 Å². The molecule has 0 unspecified atom stereocenters. The predicted molar refractivity (Wildman–Crippen MR) is 120 cm³/mol. The van der Waals surface area contributed by atoms with E-state index in [1.165, 1.54) is 27.4 Å². The van der Waals surface area contributed by atoms with Gasteiger partial charge in [0, 0.05) is 34.5 Å². The zero-order valence-corrected chi connectivity index (χ0v) is 16.1. The largest absolute Gasteiger partial charge is 0.323 e. The van der Waals surface area contributed by atoms with E-state index in [2.05, 4.69) is 101 Å². The minimum absolute atomic E-state index is 0.979. The molecule has 0 aliphatic carbocycles. The molecule has 29 heavy (non-hydrogen) atoms. The smallest absolute Gasteiger partial charge is 0.146 e. The molecular weight excluding hydrogens is 354 g/mol. The molecule has 138 valence electrons. The lowest BCUT2D eigenvalue weighted by Gasteiger charge is -2.14. The van der Waals surface area contributed by atoms with Crippen molar-refractivity contribution in [3.63, 3.8) is 0 Å². The van der Waals surface area contributed by atoms with Gasteiger partial charge in [-0.3, -0.25) is 4.57 Å². The van der Waals surface area contributed by atoms with E-state index in [4.69, 9.17) is 4.98 Å². The highest BCUT2D eigenvalue weighted by atomic mass is 15.1. The lowest BCUT2D eigenvalue weighted by molar-refractivity contribution is 1.10. The quantitative estimate of drug-likeness (QED) is 0.344. The van der Waals surface area contributed by atoms with Gasteiger partial charge in [-0.2, -0.15) is 0 Å². The molecular formula is C26H19N3. The van der Waals surface area contributed by atoms with Crippen molar-refractivity contribution in [1.82, 2.24) is 14.0 Å². The zero-order chi connectivity index (χ0) is 19.4. The van der Waals surface area contributed by atoms with E-state index in [1.54, 1.807) is 0 Å². The van der Waals surface area contributed by atoms with Crippen LogP contribution in [0.1, 0.15) is 5.56 Å². The van der Waals surface area contributed by atoms with Crippen molar-refractivity contribution in [1.29, 1.82) is 0 Å². The van der Waals surface area contributed by atoms with Gasteiger partial charge < -0.3 is 4.40 Å². The number of nitrogens with zero attached hydrogens (tertiary/aromatic N) is 3. The molecule has 3 heteroatoms. The van der Waals surface area contributed by atoms with Crippen LogP contribution in [-0.4, -0.2) is 14.0 Å². The minimum Gasteiger partial charge on any atom is -0.323 e. The first kappa shape index (κ1) is 16.1. The van der Waals surface area contributed by atoms with Gasteiger partial charge in [0.25, 0.3) is 0 Å². The predicted octanol–water partition coefficient (Wildman–Crippen LogP) is 6.41. The normalized spacial score (nSPS) is 11.6. The number of rotatable bonds is 2. The van der Waals surface area contributed by atoms with Crippen LogP contribution in [0.5, 0.6) is 0 Å². The van der Waals surface area contributed by atoms with Gasteiger partial charge in [-0.05, 0) is 60.3 Å². The van der Waals surface area contributed by atoms with E-state index in [-0.39, 0.29) is 0 Å². The van der Waals surface area contributed by atoms with Crippen LogP contribution in [0.15, 0.2) is 97.3 Å². The number of fused-ring (bicyclic) bond motifs is 3. The third-order valence-electron chi connectivity index (χ3n) is 5.67. The molecule has 0 saturated carbocycles. The Morgan fingerprint density at radius 2 is 1.62 bits per heavy atom. The molecule has 0 spiro atoms. The molecule has 6 rings (SSSR count). The number of hydrogen-bond donors (Lipinski definition) is 0. The van der Waals surface area contributed by atoms with Gasteiger partial charge in [0.05, 0.1) is 11.0 Å². The lowest BCUT2D eigenvalue weighted by atomic mass is 10.00. The van der Waals surface area contributed by atoms with E-state index < -0.39 is 0 Å². The Morgan fingerprint density at radius 1 is 0.793 bits per heavy atom. The third kappa shape index (κ3) is 2.41. The summed E-state index contributed by atoms with van der Waals surface area (Å²) >= 11 is 0. The van der Waals surface area contributed by atoms with Crippen molar-refractivity contribution in [2.45, 2.75) is 6.92 Å². The molecule has 3 aromatic heterocycles. The molecule has 3 aromatic carbocycles. The summed E-state index contributed by atoms with van der Waals surface area (Å²) in [6.07, 6.45) is 4.32. The molecule has 0 aliphatic rings. The molecule has 0 N–H and O–H groups in total. The second kappa shape index (κ2) is 6.08. The van der Waals surface area contributed by atoms with Gasteiger partial charge >= 0.3 is 0 Å². The fraction of sp³-hybridized carbons (Fsp3) is 0.0385. The van der Waals surface area contributed by atoms with Crippen LogP contribution in [0.3, 0.4) is 0 Å². The Hall–Kier alpha value is -3.85. The number of para-hydroxylation sites is 3. The molecule has 0 fully saturated rings. The maximum atomic E-state index is 5.09. The van der Waals surface area contributed by atoms with E-state index in [1.807, 2.05) is 12.1 Å². The molecule has 6 aromatic rings. The number of benzene rings is 3. The Kier molecular flexibility index (Phi) is 3.38. The van der Waals surface area contributed by atoms with Crippen LogP contribution in [0.2, 0.25) is 0 Å². The number of aryl methyl sites for hydroxylation is 1. The van der Waals surface area contributed by atoms with Crippen LogP contribution in [-0.2, 0) is 0 Å². The van der Waals surface area contributed by atoms with Gasteiger partial charge in [-0.25, -0.2) is 4.98 Å². The van der Waals surface area contributed by atoms with Gasteiger partial charge in [0.2, 0.25) is 0 Å². The maximum Gasteiger partial charge on any atom is 0.146 e. The van der Waals surface area contributed by atoms with Crippen LogP contribution < -0.4 is 0 Å². The fourth-order valence-electron chi connectivity index (χ4n) is 4.28. The molecule has 0 bridgehead atoms. The minimum atomic E-state index is 0.979. The van der Waals surface area contributed by atoms with Crippen LogP contribution >= 0.6 is 0 Å². The maximum absolute atomic E-state index is 5.09.